The highest BCUT2D eigenvalue weighted by Gasteiger charge is 2.20. The van der Waals surface area contributed by atoms with Gasteiger partial charge in [-0.15, -0.1) is 0 Å². The lowest BCUT2D eigenvalue weighted by Gasteiger charge is -2.26. The topological polar surface area (TPSA) is 93.4 Å². The second-order valence-corrected chi connectivity index (χ2v) is 4.32. The molecule has 1 atom stereocenters. The van der Waals surface area contributed by atoms with E-state index in [1.807, 2.05) is 19.9 Å². The molecule has 2 amide bonds. The number of hydrogen-bond acceptors (Lipinski definition) is 3. The number of carbonyl (C=O) groups excluding carboxylic acids is 1. The van der Waals surface area contributed by atoms with Crippen LogP contribution in [-0.2, 0) is 4.79 Å². The van der Waals surface area contributed by atoms with Gasteiger partial charge < -0.3 is 15.3 Å². The molecule has 0 saturated heterocycles. The summed E-state index contributed by atoms with van der Waals surface area (Å²) in [6.07, 6.45) is 0.733. The number of urea groups is 1. The van der Waals surface area contributed by atoms with Crippen molar-refractivity contribution in [2.24, 2.45) is 5.92 Å². The number of carboxylic acids is 1. The Morgan fingerprint density at radius 1 is 1.44 bits per heavy atom. The number of nitriles is 1. The number of nitrogens with zero attached hydrogens (tertiary/aromatic N) is 2. The van der Waals surface area contributed by atoms with E-state index in [2.05, 4.69) is 5.32 Å². The maximum Gasteiger partial charge on any atom is 0.317 e. The second kappa shape index (κ2) is 8.34. The highest BCUT2D eigenvalue weighted by atomic mass is 16.4. The van der Waals surface area contributed by atoms with Crippen molar-refractivity contribution in [2.75, 3.05) is 13.1 Å². The Morgan fingerprint density at radius 3 is 2.44 bits per heavy atom. The van der Waals surface area contributed by atoms with Gasteiger partial charge in [0.15, 0.2) is 0 Å². The molecule has 0 heterocycles. The molecule has 0 bridgehead atoms. The Bertz CT molecular complexity index is 323. The molecule has 0 rings (SSSR count). The molecular weight excluding hydrogens is 234 g/mol. The molecule has 18 heavy (non-hydrogen) atoms. The zero-order chi connectivity index (χ0) is 14.1. The molecule has 6 heteroatoms. The number of aliphatic carboxylic acids is 1. The SMILES string of the molecule is CCC(CNC(=O)N(CCC#N)C(C)C)C(=O)O. The molecule has 0 aromatic rings. The van der Waals surface area contributed by atoms with Gasteiger partial charge >= 0.3 is 12.0 Å². The molecule has 0 aromatic heterocycles. The molecular formula is C12H21N3O3. The summed E-state index contributed by atoms with van der Waals surface area (Å²) < 4.78 is 0. The van der Waals surface area contributed by atoms with Gasteiger partial charge in [0.2, 0.25) is 0 Å². The second-order valence-electron chi connectivity index (χ2n) is 4.32. The van der Waals surface area contributed by atoms with Crippen molar-refractivity contribution < 1.29 is 14.7 Å². The summed E-state index contributed by atoms with van der Waals surface area (Å²) in [5, 5.41) is 20.0. The first-order valence-electron chi connectivity index (χ1n) is 6.08. The maximum absolute atomic E-state index is 11.8. The van der Waals surface area contributed by atoms with E-state index in [0.717, 1.165) is 0 Å². The molecule has 0 aliphatic carbocycles. The first-order chi connectivity index (χ1) is 8.43. The first kappa shape index (κ1) is 16.2. The average Bonchev–Trinajstić information content (AvgIpc) is 2.29. The zero-order valence-electron chi connectivity index (χ0n) is 11.1. The van der Waals surface area contributed by atoms with E-state index in [0.29, 0.717) is 13.0 Å². The van der Waals surface area contributed by atoms with Crippen LogP contribution in [0.5, 0.6) is 0 Å². The quantitative estimate of drug-likeness (QED) is 0.719. The van der Waals surface area contributed by atoms with Crippen LogP contribution < -0.4 is 5.32 Å². The van der Waals surface area contributed by atoms with E-state index in [1.54, 1.807) is 6.92 Å². The van der Waals surface area contributed by atoms with Crippen LogP contribution in [0.1, 0.15) is 33.6 Å². The molecule has 2 N–H and O–H groups in total. The van der Waals surface area contributed by atoms with E-state index >= 15 is 0 Å². The summed E-state index contributed by atoms with van der Waals surface area (Å²) in [5.74, 6) is -1.48. The van der Waals surface area contributed by atoms with E-state index in [4.69, 9.17) is 10.4 Å². The number of carbonyl (C=O) groups is 2. The van der Waals surface area contributed by atoms with Gasteiger partial charge in [-0.1, -0.05) is 6.92 Å². The fourth-order valence-corrected chi connectivity index (χ4v) is 1.48. The molecule has 1 unspecified atom stereocenters. The van der Waals surface area contributed by atoms with Crippen molar-refractivity contribution in [3.05, 3.63) is 0 Å². The first-order valence-corrected chi connectivity index (χ1v) is 6.08. The summed E-state index contributed by atoms with van der Waals surface area (Å²) in [4.78, 5) is 24.2. The Labute approximate surface area is 108 Å². The lowest BCUT2D eigenvalue weighted by molar-refractivity contribution is -0.141. The van der Waals surface area contributed by atoms with Crippen molar-refractivity contribution in [3.63, 3.8) is 0 Å². The van der Waals surface area contributed by atoms with Crippen LogP contribution in [0.3, 0.4) is 0 Å². The highest BCUT2D eigenvalue weighted by molar-refractivity contribution is 5.76. The summed E-state index contributed by atoms with van der Waals surface area (Å²) in [6.45, 7) is 5.93. The van der Waals surface area contributed by atoms with Gasteiger partial charge in [-0.05, 0) is 20.3 Å². The van der Waals surface area contributed by atoms with Crippen LogP contribution in [0.2, 0.25) is 0 Å². The molecule has 0 radical (unpaired) electrons. The number of rotatable bonds is 7. The molecule has 0 aromatic carbocycles. The summed E-state index contributed by atoms with van der Waals surface area (Å²) >= 11 is 0. The largest absolute Gasteiger partial charge is 0.481 e. The Kier molecular flexibility index (Phi) is 7.52. The third-order valence-electron chi connectivity index (χ3n) is 2.69. The van der Waals surface area contributed by atoms with Gasteiger partial charge in [0.05, 0.1) is 18.4 Å². The molecule has 102 valence electrons. The monoisotopic (exact) mass is 255 g/mol. The minimum absolute atomic E-state index is 0.0248. The zero-order valence-corrected chi connectivity index (χ0v) is 11.1. The lowest BCUT2D eigenvalue weighted by atomic mass is 10.1. The van der Waals surface area contributed by atoms with E-state index < -0.39 is 11.9 Å². The number of amides is 2. The van der Waals surface area contributed by atoms with Crippen LogP contribution >= 0.6 is 0 Å². The van der Waals surface area contributed by atoms with E-state index in [-0.39, 0.29) is 25.0 Å². The normalized spacial score (nSPS) is 11.7. The molecule has 0 saturated carbocycles. The maximum atomic E-state index is 11.8. The van der Waals surface area contributed by atoms with Crippen molar-refractivity contribution >= 4 is 12.0 Å². The average molecular weight is 255 g/mol. The van der Waals surface area contributed by atoms with Crippen molar-refractivity contribution in [3.8, 4) is 6.07 Å². The van der Waals surface area contributed by atoms with Crippen LogP contribution in [0, 0.1) is 17.2 Å². The summed E-state index contributed by atoms with van der Waals surface area (Å²) in [7, 11) is 0. The van der Waals surface area contributed by atoms with Crippen molar-refractivity contribution in [1.29, 1.82) is 5.26 Å². The lowest BCUT2D eigenvalue weighted by Crippen LogP contribution is -2.46. The van der Waals surface area contributed by atoms with Gasteiger partial charge in [-0.2, -0.15) is 5.26 Å². The van der Waals surface area contributed by atoms with Crippen LogP contribution in [0.4, 0.5) is 4.79 Å². The predicted molar refractivity (Wildman–Crippen MR) is 66.9 cm³/mol. The third-order valence-corrected chi connectivity index (χ3v) is 2.69. The predicted octanol–water partition coefficient (Wildman–Crippen LogP) is 1.43. The van der Waals surface area contributed by atoms with Gasteiger partial charge in [0, 0.05) is 19.1 Å². The summed E-state index contributed by atoms with van der Waals surface area (Å²) in [6, 6.07) is 1.64. The fraction of sp³-hybridized carbons (Fsp3) is 0.750. The summed E-state index contributed by atoms with van der Waals surface area (Å²) in [5.41, 5.74) is 0. The van der Waals surface area contributed by atoms with Crippen LogP contribution in [0.25, 0.3) is 0 Å². The molecule has 0 spiro atoms. The van der Waals surface area contributed by atoms with Crippen LogP contribution in [-0.4, -0.2) is 41.1 Å². The number of hydrogen-bond donors (Lipinski definition) is 2. The van der Waals surface area contributed by atoms with E-state index in [1.165, 1.54) is 4.90 Å². The van der Waals surface area contributed by atoms with Crippen molar-refractivity contribution in [1.82, 2.24) is 10.2 Å². The fourth-order valence-electron chi connectivity index (χ4n) is 1.48. The van der Waals surface area contributed by atoms with E-state index in [9.17, 15) is 9.59 Å². The number of carboxylic acid groups (broad SMARTS) is 1. The third kappa shape index (κ3) is 5.53. The standard InChI is InChI=1S/C12H21N3O3/c1-4-10(11(16)17)8-14-12(18)15(9(2)3)7-5-6-13/h9-10H,4-5,7-8H2,1-3H3,(H,14,18)(H,16,17). The minimum atomic E-state index is -0.911. The van der Waals surface area contributed by atoms with Gasteiger partial charge in [0.25, 0.3) is 0 Å². The Balaban J connectivity index is 4.34. The van der Waals surface area contributed by atoms with Crippen LogP contribution in [0.15, 0.2) is 0 Å². The van der Waals surface area contributed by atoms with Gasteiger partial charge in [-0.3, -0.25) is 4.79 Å². The Morgan fingerprint density at radius 2 is 2.06 bits per heavy atom. The minimum Gasteiger partial charge on any atom is -0.481 e. The Hall–Kier alpha value is -1.77. The smallest absolute Gasteiger partial charge is 0.317 e. The van der Waals surface area contributed by atoms with Gasteiger partial charge in [-0.25, -0.2) is 4.79 Å². The molecule has 0 aliphatic heterocycles. The van der Waals surface area contributed by atoms with Crippen molar-refractivity contribution in [2.45, 2.75) is 39.7 Å². The molecule has 6 nitrogen and oxygen atoms in total. The molecule has 0 aliphatic rings. The highest BCUT2D eigenvalue weighted by Crippen LogP contribution is 2.03. The molecule has 0 fully saturated rings. The van der Waals surface area contributed by atoms with Gasteiger partial charge in [0.1, 0.15) is 0 Å². The number of nitrogens with one attached hydrogen (secondary N) is 1.